The van der Waals surface area contributed by atoms with E-state index in [0.717, 1.165) is 64.9 Å². The zero-order valence-electron chi connectivity index (χ0n) is 18.5. The molecule has 34 heavy (non-hydrogen) atoms. The molecule has 3 aromatic heterocycles. The maximum atomic E-state index is 6.40. The molecule has 6 nitrogen and oxygen atoms in total. The molecule has 0 radical (unpaired) electrons. The van der Waals surface area contributed by atoms with Crippen LogP contribution in [0.25, 0.3) is 38.7 Å². The van der Waals surface area contributed by atoms with Crippen molar-refractivity contribution in [2.24, 2.45) is 0 Å². The van der Waals surface area contributed by atoms with E-state index in [-0.39, 0.29) is 24.8 Å². The fourth-order valence-corrected chi connectivity index (χ4v) is 4.62. The number of hydrogen-bond donors (Lipinski definition) is 2. The van der Waals surface area contributed by atoms with Gasteiger partial charge in [-0.2, -0.15) is 0 Å². The number of pyridine rings is 2. The van der Waals surface area contributed by atoms with Crippen LogP contribution in [0.3, 0.4) is 0 Å². The summed E-state index contributed by atoms with van der Waals surface area (Å²) in [6, 6.07) is 23.2. The van der Waals surface area contributed by atoms with Crippen molar-refractivity contribution in [3.05, 3.63) is 79.1 Å². The van der Waals surface area contributed by atoms with Crippen LogP contribution in [0.4, 0.5) is 11.5 Å². The molecular weight excluding hydrogens is 467 g/mol. The Hall–Kier alpha value is -3.32. The van der Waals surface area contributed by atoms with E-state index in [1.807, 2.05) is 35.0 Å². The lowest BCUT2D eigenvalue weighted by molar-refractivity contribution is 0.589. The summed E-state index contributed by atoms with van der Waals surface area (Å²) in [5.74, 6) is 0.521. The molecule has 6 rings (SSSR count). The largest absolute Gasteiger partial charge is 0.382 e. The Balaban J connectivity index is 0.00000137. The summed E-state index contributed by atoms with van der Waals surface area (Å²) in [6.07, 6.45) is 3.88. The van der Waals surface area contributed by atoms with Crippen molar-refractivity contribution in [1.82, 2.24) is 19.9 Å². The Morgan fingerprint density at radius 2 is 1.56 bits per heavy atom. The number of nitrogens with zero attached hydrogens (tertiary/aromatic N) is 4. The van der Waals surface area contributed by atoms with Crippen LogP contribution in [0.1, 0.15) is 0 Å². The zero-order chi connectivity index (χ0) is 21.5. The first-order valence-electron chi connectivity index (χ1n) is 11.0. The molecule has 1 aliphatic heterocycles. The van der Waals surface area contributed by atoms with Gasteiger partial charge in [-0.05, 0) is 41.5 Å². The van der Waals surface area contributed by atoms with Gasteiger partial charge in [0.15, 0.2) is 5.82 Å². The minimum absolute atomic E-state index is 0. The first-order valence-corrected chi connectivity index (χ1v) is 11.0. The quantitative estimate of drug-likeness (QED) is 0.368. The van der Waals surface area contributed by atoms with E-state index in [9.17, 15) is 0 Å². The van der Waals surface area contributed by atoms with Gasteiger partial charge in [0.2, 0.25) is 0 Å². The lowest BCUT2D eigenvalue weighted by Crippen LogP contribution is -2.43. The zero-order valence-corrected chi connectivity index (χ0v) is 20.1. The molecule has 0 unspecified atom stereocenters. The van der Waals surface area contributed by atoms with Gasteiger partial charge in [0, 0.05) is 55.2 Å². The SMILES string of the molecule is Cl.Cl.Nc1nn2cc(-c3ccc(N4CCNCC4)cc3)ccc2c1-c1ccnc2ccccc12. The van der Waals surface area contributed by atoms with E-state index in [0.29, 0.717) is 5.82 Å². The van der Waals surface area contributed by atoms with Gasteiger partial charge in [-0.3, -0.25) is 4.98 Å². The number of nitrogens with two attached hydrogens (primary N) is 1. The van der Waals surface area contributed by atoms with Crippen LogP contribution in [-0.2, 0) is 0 Å². The summed E-state index contributed by atoms with van der Waals surface area (Å²) in [4.78, 5) is 6.90. The summed E-state index contributed by atoms with van der Waals surface area (Å²) in [6.45, 7) is 4.16. The van der Waals surface area contributed by atoms with Gasteiger partial charge < -0.3 is 16.0 Å². The summed E-state index contributed by atoms with van der Waals surface area (Å²) < 4.78 is 1.89. The molecule has 0 atom stereocenters. The second-order valence-corrected chi connectivity index (χ2v) is 8.17. The lowest BCUT2D eigenvalue weighted by Gasteiger charge is -2.29. The summed E-state index contributed by atoms with van der Waals surface area (Å²) >= 11 is 0. The second-order valence-electron chi connectivity index (χ2n) is 8.17. The molecule has 0 amide bonds. The van der Waals surface area contributed by atoms with Crippen molar-refractivity contribution in [2.75, 3.05) is 36.8 Å². The fourth-order valence-electron chi connectivity index (χ4n) is 4.62. The molecular formula is C26H26Cl2N6. The number of benzene rings is 2. The van der Waals surface area contributed by atoms with Crippen LogP contribution >= 0.6 is 24.8 Å². The van der Waals surface area contributed by atoms with Crippen molar-refractivity contribution in [3.63, 3.8) is 0 Å². The number of hydrogen-bond acceptors (Lipinski definition) is 5. The lowest BCUT2D eigenvalue weighted by atomic mass is 10.0. The van der Waals surface area contributed by atoms with Crippen LogP contribution in [0, 0.1) is 0 Å². The molecule has 1 aliphatic rings. The minimum Gasteiger partial charge on any atom is -0.382 e. The average molecular weight is 493 g/mol. The molecule has 8 heteroatoms. The Kier molecular flexibility index (Phi) is 6.93. The molecule has 0 spiro atoms. The highest BCUT2D eigenvalue weighted by Gasteiger charge is 2.16. The first-order chi connectivity index (χ1) is 15.8. The third-order valence-corrected chi connectivity index (χ3v) is 6.26. The molecule has 2 aromatic carbocycles. The van der Waals surface area contributed by atoms with Crippen LogP contribution in [0.5, 0.6) is 0 Å². The smallest absolute Gasteiger partial charge is 0.154 e. The van der Waals surface area contributed by atoms with E-state index in [2.05, 4.69) is 69.0 Å². The fraction of sp³-hybridized carbons (Fsp3) is 0.154. The Morgan fingerprint density at radius 1 is 0.824 bits per heavy atom. The molecule has 0 aliphatic carbocycles. The van der Waals surface area contributed by atoms with Crippen molar-refractivity contribution in [1.29, 1.82) is 0 Å². The van der Waals surface area contributed by atoms with Gasteiger partial charge in [-0.25, -0.2) is 4.52 Å². The normalized spacial score (nSPS) is 13.5. The number of rotatable bonds is 3. The van der Waals surface area contributed by atoms with E-state index < -0.39 is 0 Å². The first kappa shape index (κ1) is 23.8. The van der Waals surface area contributed by atoms with Crippen LogP contribution in [0.2, 0.25) is 0 Å². The summed E-state index contributed by atoms with van der Waals surface area (Å²) in [7, 11) is 0. The highest BCUT2D eigenvalue weighted by molar-refractivity contribution is 6.02. The minimum atomic E-state index is 0. The van der Waals surface area contributed by atoms with Crippen LogP contribution < -0.4 is 16.0 Å². The maximum Gasteiger partial charge on any atom is 0.154 e. The predicted octanol–water partition coefficient (Wildman–Crippen LogP) is 5.05. The van der Waals surface area contributed by atoms with Gasteiger partial charge >= 0.3 is 0 Å². The monoisotopic (exact) mass is 492 g/mol. The van der Waals surface area contributed by atoms with Gasteiger partial charge in [-0.1, -0.05) is 36.4 Å². The summed E-state index contributed by atoms with van der Waals surface area (Å²) in [5.41, 5.74) is 13.9. The standard InChI is InChI=1S/C26H24N6.2ClH/c27-26-25(22-11-12-29-23-4-2-1-3-21(22)23)24-10-7-19(17-32(24)30-26)18-5-8-20(9-6-18)31-15-13-28-14-16-31;;/h1-12,17,28H,13-16H2,(H2,27,30);2*1H. The third-order valence-electron chi connectivity index (χ3n) is 6.26. The molecule has 174 valence electrons. The molecule has 5 aromatic rings. The van der Waals surface area contributed by atoms with Crippen molar-refractivity contribution in [2.45, 2.75) is 0 Å². The van der Waals surface area contributed by atoms with E-state index >= 15 is 0 Å². The van der Waals surface area contributed by atoms with Gasteiger partial charge in [0.25, 0.3) is 0 Å². The number of fused-ring (bicyclic) bond motifs is 2. The Bertz CT molecular complexity index is 1420. The highest BCUT2D eigenvalue weighted by atomic mass is 35.5. The Labute approximate surface area is 210 Å². The van der Waals surface area contributed by atoms with Crippen molar-refractivity contribution < 1.29 is 0 Å². The second kappa shape index (κ2) is 9.89. The van der Waals surface area contributed by atoms with E-state index in [4.69, 9.17) is 5.73 Å². The molecule has 1 fully saturated rings. The van der Waals surface area contributed by atoms with E-state index in [1.165, 1.54) is 5.69 Å². The number of halogens is 2. The molecule has 0 saturated carbocycles. The van der Waals surface area contributed by atoms with Crippen LogP contribution in [-0.4, -0.2) is 40.8 Å². The predicted molar refractivity (Wildman–Crippen MR) is 145 cm³/mol. The molecule has 3 N–H and O–H groups in total. The molecule has 0 bridgehead atoms. The number of aromatic nitrogens is 3. The maximum absolute atomic E-state index is 6.40. The van der Waals surface area contributed by atoms with Crippen molar-refractivity contribution in [3.8, 4) is 22.3 Å². The number of nitrogens with one attached hydrogen (secondary N) is 1. The van der Waals surface area contributed by atoms with Gasteiger partial charge in [0.1, 0.15) is 0 Å². The summed E-state index contributed by atoms with van der Waals surface area (Å²) in [5, 5.41) is 9.11. The van der Waals surface area contributed by atoms with Crippen molar-refractivity contribution >= 4 is 52.7 Å². The van der Waals surface area contributed by atoms with Crippen LogP contribution in [0.15, 0.2) is 79.1 Å². The number of anilines is 2. The van der Waals surface area contributed by atoms with Gasteiger partial charge in [-0.15, -0.1) is 29.9 Å². The molecule has 1 saturated heterocycles. The number of para-hydroxylation sites is 1. The Morgan fingerprint density at radius 3 is 2.35 bits per heavy atom. The number of piperazine rings is 1. The van der Waals surface area contributed by atoms with E-state index in [1.54, 1.807) is 0 Å². The highest BCUT2D eigenvalue weighted by Crippen LogP contribution is 2.35. The van der Waals surface area contributed by atoms with Gasteiger partial charge in [0.05, 0.1) is 16.6 Å². The molecule has 4 heterocycles. The average Bonchev–Trinajstić information content (AvgIpc) is 3.19. The third kappa shape index (κ3) is 4.16. The number of nitrogen functional groups attached to an aromatic ring is 1. The topological polar surface area (TPSA) is 71.5 Å².